The molecule has 1 spiro atoms. The number of carbonyl (C=O) groups excluding carboxylic acids is 2. The molecule has 7 heteroatoms. The Bertz CT molecular complexity index is 821. The Kier molecular flexibility index (Phi) is 4.65. The van der Waals surface area contributed by atoms with Crippen molar-refractivity contribution in [3.63, 3.8) is 0 Å². The van der Waals surface area contributed by atoms with E-state index in [9.17, 15) is 9.59 Å². The minimum atomic E-state index is -0.331. The van der Waals surface area contributed by atoms with Crippen molar-refractivity contribution >= 4 is 22.7 Å². The summed E-state index contributed by atoms with van der Waals surface area (Å²) in [6, 6.07) is 9.76. The van der Waals surface area contributed by atoms with E-state index in [1.165, 1.54) is 4.90 Å². The van der Waals surface area contributed by atoms with Crippen LogP contribution in [0.3, 0.4) is 0 Å². The van der Waals surface area contributed by atoms with Gasteiger partial charge in [0, 0.05) is 37.5 Å². The number of nitrogens with zero attached hydrogens (tertiary/aromatic N) is 2. The minimum absolute atomic E-state index is 0.00483. The number of para-hydroxylation sites is 1. The van der Waals surface area contributed by atoms with Crippen LogP contribution in [0.1, 0.15) is 16.9 Å². The zero-order valence-corrected chi connectivity index (χ0v) is 15.7. The molecule has 0 saturated carbocycles. The van der Waals surface area contributed by atoms with E-state index in [-0.39, 0.29) is 29.9 Å². The largest absolute Gasteiger partial charge is 0.371 e. The van der Waals surface area contributed by atoms with Gasteiger partial charge in [0.05, 0.1) is 19.7 Å². The van der Waals surface area contributed by atoms with E-state index in [1.54, 1.807) is 14.1 Å². The van der Waals surface area contributed by atoms with E-state index in [4.69, 9.17) is 9.47 Å². The summed E-state index contributed by atoms with van der Waals surface area (Å²) in [5.74, 6) is 0.154. The number of nitrogens with one attached hydrogen (secondary N) is 1. The summed E-state index contributed by atoms with van der Waals surface area (Å²) in [5, 5.41) is 1.03. The number of rotatable bonds is 5. The molecule has 2 fully saturated rings. The van der Waals surface area contributed by atoms with Gasteiger partial charge in [0.1, 0.15) is 17.9 Å². The predicted octanol–water partition coefficient (Wildman–Crippen LogP) is 1.50. The fourth-order valence-electron chi connectivity index (χ4n) is 3.89. The van der Waals surface area contributed by atoms with Crippen molar-refractivity contribution in [2.45, 2.75) is 12.0 Å². The van der Waals surface area contributed by atoms with Crippen LogP contribution < -0.4 is 0 Å². The number of ether oxygens (including phenoxy) is 2. The monoisotopic (exact) mass is 371 g/mol. The van der Waals surface area contributed by atoms with Gasteiger partial charge in [0.2, 0.25) is 5.91 Å². The Hall–Kier alpha value is -2.38. The first-order valence-electron chi connectivity index (χ1n) is 9.27. The summed E-state index contributed by atoms with van der Waals surface area (Å²) < 4.78 is 11.6. The van der Waals surface area contributed by atoms with Crippen molar-refractivity contribution in [3.05, 3.63) is 36.0 Å². The number of fused-ring (bicyclic) bond motifs is 1. The molecule has 1 atom stereocenters. The van der Waals surface area contributed by atoms with Gasteiger partial charge < -0.3 is 24.3 Å². The quantitative estimate of drug-likeness (QED) is 0.864. The molecule has 144 valence electrons. The highest BCUT2D eigenvalue weighted by Gasteiger charge is 2.54. The second-order valence-corrected chi connectivity index (χ2v) is 7.63. The van der Waals surface area contributed by atoms with E-state index < -0.39 is 0 Å². The Morgan fingerprint density at radius 3 is 2.85 bits per heavy atom. The maximum atomic E-state index is 12.8. The number of H-pyrrole nitrogens is 1. The third-order valence-corrected chi connectivity index (χ3v) is 5.61. The summed E-state index contributed by atoms with van der Waals surface area (Å²) in [7, 11) is 3.43. The predicted molar refractivity (Wildman–Crippen MR) is 101 cm³/mol. The van der Waals surface area contributed by atoms with Gasteiger partial charge in [0.15, 0.2) is 0 Å². The smallest absolute Gasteiger partial charge is 0.270 e. The van der Waals surface area contributed by atoms with E-state index in [0.717, 1.165) is 17.3 Å². The molecule has 2 saturated heterocycles. The van der Waals surface area contributed by atoms with Crippen molar-refractivity contribution < 1.29 is 19.1 Å². The molecular formula is C20H25N3O4. The van der Waals surface area contributed by atoms with Crippen LogP contribution in [-0.2, 0) is 14.3 Å². The van der Waals surface area contributed by atoms with E-state index >= 15 is 0 Å². The lowest BCUT2D eigenvalue weighted by Crippen LogP contribution is -2.66. The lowest BCUT2D eigenvalue weighted by molar-refractivity contribution is -0.141. The lowest BCUT2D eigenvalue weighted by atomic mass is 9.81. The van der Waals surface area contributed by atoms with Crippen LogP contribution in [0.15, 0.2) is 30.3 Å². The number of hydrogen-bond acceptors (Lipinski definition) is 4. The topological polar surface area (TPSA) is 74.9 Å². The van der Waals surface area contributed by atoms with Crippen molar-refractivity contribution in [1.29, 1.82) is 0 Å². The molecule has 1 aromatic heterocycles. The molecular weight excluding hydrogens is 346 g/mol. The number of carbonyl (C=O) groups is 2. The van der Waals surface area contributed by atoms with Gasteiger partial charge in [-0.05, 0) is 18.6 Å². The highest BCUT2D eigenvalue weighted by Crippen LogP contribution is 2.40. The van der Waals surface area contributed by atoms with Crippen LogP contribution in [0.5, 0.6) is 0 Å². The molecule has 2 aliphatic rings. The number of aromatic amines is 1. The summed E-state index contributed by atoms with van der Waals surface area (Å²) in [4.78, 5) is 31.0. The highest BCUT2D eigenvalue weighted by atomic mass is 16.5. The Morgan fingerprint density at radius 1 is 1.33 bits per heavy atom. The fraction of sp³-hybridized carbons (Fsp3) is 0.500. The molecule has 1 N–H and O–H groups in total. The maximum Gasteiger partial charge on any atom is 0.270 e. The Morgan fingerprint density at radius 2 is 2.11 bits per heavy atom. The summed E-state index contributed by atoms with van der Waals surface area (Å²) >= 11 is 0. The molecule has 2 amide bonds. The zero-order valence-electron chi connectivity index (χ0n) is 15.7. The molecule has 4 rings (SSSR count). The van der Waals surface area contributed by atoms with Crippen molar-refractivity contribution in [1.82, 2.24) is 14.8 Å². The SMILES string of the molecule is CN(C)C(=O)COC[C@@H]1CCOC12CN(C(=O)c1cc3ccccc3[nH]1)C2. The van der Waals surface area contributed by atoms with Gasteiger partial charge in [-0.2, -0.15) is 0 Å². The van der Waals surface area contributed by atoms with Crippen LogP contribution in [0.4, 0.5) is 0 Å². The third kappa shape index (κ3) is 3.33. The number of likely N-dealkylation sites (tertiary alicyclic amines) is 1. The first kappa shape index (κ1) is 18.0. The zero-order chi connectivity index (χ0) is 19.0. The van der Waals surface area contributed by atoms with E-state index in [2.05, 4.69) is 4.98 Å². The van der Waals surface area contributed by atoms with Crippen LogP contribution in [0.2, 0.25) is 0 Å². The Balaban J connectivity index is 1.35. The van der Waals surface area contributed by atoms with Crippen molar-refractivity contribution in [3.8, 4) is 0 Å². The average molecular weight is 371 g/mol. The molecule has 1 aromatic carbocycles. The summed E-state index contributed by atoms with van der Waals surface area (Å²) in [6.07, 6.45) is 0.893. The normalized spacial score (nSPS) is 20.8. The molecule has 7 nitrogen and oxygen atoms in total. The molecule has 27 heavy (non-hydrogen) atoms. The number of aromatic nitrogens is 1. The standard InChI is InChI=1S/C20H25N3O4/c1-22(2)18(24)11-26-10-15-7-8-27-20(15)12-23(13-20)19(25)17-9-14-5-3-4-6-16(14)21-17/h3-6,9,15,21H,7-8,10-13H2,1-2H3/t15-/m0/s1. The summed E-state index contributed by atoms with van der Waals surface area (Å²) in [5.41, 5.74) is 1.24. The average Bonchev–Trinajstić information content (AvgIpc) is 3.23. The van der Waals surface area contributed by atoms with Gasteiger partial charge in [-0.1, -0.05) is 18.2 Å². The molecule has 0 radical (unpaired) electrons. The number of hydrogen-bond donors (Lipinski definition) is 1. The first-order chi connectivity index (χ1) is 13.0. The van der Waals surface area contributed by atoms with Gasteiger partial charge in [0.25, 0.3) is 5.91 Å². The van der Waals surface area contributed by atoms with E-state index in [0.29, 0.717) is 32.0 Å². The second kappa shape index (κ2) is 6.98. The van der Waals surface area contributed by atoms with Crippen LogP contribution in [0.25, 0.3) is 10.9 Å². The number of likely N-dealkylation sites (N-methyl/N-ethyl adjacent to an activating group) is 1. The van der Waals surface area contributed by atoms with Crippen LogP contribution >= 0.6 is 0 Å². The number of amides is 2. The molecule has 0 aliphatic carbocycles. The maximum absolute atomic E-state index is 12.8. The van der Waals surface area contributed by atoms with Gasteiger partial charge in [-0.3, -0.25) is 9.59 Å². The lowest BCUT2D eigenvalue weighted by Gasteiger charge is -2.50. The number of benzene rings is 1. The minimum Gasteiger partial charge on any atom is -0.371 e. The molecule has 2 aliphatic heterocycles. The Labute approximate surface area is 158 Å². The van der Waals surface area contributed by atoms with Crippen molar-refractivity contribution in [2.24, 2.45) is 5.92 Å². The van der Waals surface area contributed by atoms with Crippen molar-refractivity contribution in [2.75, 3.05) is 47.0 Å². The molecule has 0 bridgehead atoms. The van der Waals surface area contributed by atoms with Gasteiger partial charge in [-0.15, -0.1) is 0 Å². The van der Waals surface area contributed by atoms with Crippen LogP contribution in [-0.4, -0.2) is 79.2 Å². The van der Waals surface area contributed by atoms with Gasteiger partial charge >= 0.3 is 0 Å². The third-order valence-electron chi connectivity index (χ3n) is 5.61. The molecule has 2 aromatic rings. The molecule has 3 heterocycles. The van der Waals surface area contributed by atoms with E-state index in [1.807, 2.05) is 35.2 Å². The van der Waals surface area contributed by atoms with Gasteiger partial charge in [-0.25, -0.2) is 0 Å². The second-order valence-electron chi connectivity index (χ2n) is 7.63. The van der Waals surface area contributed by atoms with Crippen LogP contribution in [0, 0.1) is 5.92 Å². The molecule has 0 unspecified atom stereocenters. The fourth-order valence-corrected chi connectivity index (χ4v) is 3.89. The summed E-state index contributed by atoms with van der Waals surface area (Å²) in [6.45, 7) is 2.36. The highest BCUT2D eigenvalue weighted by molar-refractivity contribution is 5.98. The first-order valence-corrected chi connectivity index (χ1v) is 9.27.